The Kier molecular flexibility index (Phi) is 2.70. The van der Waals surface area contributed by atoms with Crippen LogP contribution in [-0.4, -0.2) is 6.26 Å². The van der Waals surface area contributed by atoms with Crippen LogP contribution in [0.1, 0.15) is 12.5 Å². The zero-order valence-electron chi connectivity index (χ0n) is 8.33. The largest absolute Gasteiger partial charge is 0.397 e. The maximum Gasteiger partial charge on any atom is 0.0609 e. The van der Waals surface area contributed by atoms with Crippen molar-refractivity contribution in [1.29, 1.82) is 0 Å². The van der Waals surface area contributed by atoms with Gasteiger partial charge in [-0.1, -0.05) is 19.1 Å². The normalized spacial score (nSPS) is 11.0. The zero-order valence-corrected chi connectivity index (χ0v) is 9.97. The van der Waals surface area contributed by atoms with Gasteiger partial charge in [0.05, 0.1) is 14.6 Å². The number of aryl methyl sites for hydroxylation is 1. The Morgan fingerprint density at radius 2 is 2.21 bits per heavy atom. The third-order valence-electron chi connectivity index (χ3n) is 2.37. The molecule has 1 heterocycles. The summed E-state index contributed by atoms with van der Waals surface area (Å²) in [5.74, 6) is 0. The molecule has 0 fully saturated rings. The van der Waals surface area contributed by atoms with Crippen LogP contribution in [0.5, 0.6) is 0 Å². The molecule has 0 aliphatic heterocycles. The van der Waals surface area contributed by atoms with E-state index in [0.29, 0.717) is 0 Å². The number of thiophene rings is 1. The Bertz CT molecular complexity index is 460. The highest BCUT2D eigenvalue weighted by atomic mass is 32.2. The Balaban J connectivity index is 2.68. The summed E-state index contributed by atoms with van der Waals surface area (Å²) < 4.78 is 2.58. The molecule has 0 saturated heterocycles. The third kappa shape index (κ3) is 1.51. The Labute approximate surface area is 92.3 Å². The monoisotopic (exact) mass is 223 g/mol. The maximum absolute atomic E-state index is 6.10. The van der Waals surface area contributed by atoms with Crippen molar-refractivity contribution >= 4 is 38.9 Å². The van der Waals surface area contributed by atoms with Crippen molar-refractivity contribution < 1.29 is 0 Å². The number of benzene rings is 1. The second kappa shape index (κ2) is 3.83. The van der Waals surface area contributed by atoms with E-state index in [1.807, 2.05) is 0 Å². The lowest BCUT2D eigenvalue weighted by molar-refractivity contribution is 1.15. The molecule has 0 aliphatic carbocycles. The molecule has 74 valence electrons. The molecule has 0 amide bonds. The zero-order chi connectivity index (χ0) is 10.1. The van der Waals surface area contributed by atoms with Crippen molar-refractivity contribution in [3.8, 4) is 0 Å². The first kappa shape index (κ1) is 9.87. The van der Waals surface area contributed by atoms with Crippen molar-refractivity contribution in [2.45, 2.75) is 17.6 Å². The predicted octanol–water partition coefficient (Wildman–Crippen LogP) is 3.77. The second-order valence-electron chi connectivity index (χ2n) is 3.18. The summed E-state index contributed by atoms with van der Waals surface area (Å²) in [7, 11) is 0. The lowest BCUT2D eigenvalue weighted by atomic mass is 10.1. The average molecular weight is 223 g/mol. The molecule has 0 radical (unpaired) electrons. The van der Waals surface area contributed by atoms with Crippen LogP contribution in [0.2, 0.25) is 0 Å². The highest BCUT2D eigenvalue weighted by Gasteiger charge is 2.06. The smallest absolute Gasteiger partial charge is 0.0609 e. The second-order valence-corrected chi connectivity index (χ2v) is 5.34. The summed E-state index contributed by atoms with van der Waals surface area (Å²) in [6, 6.07) is 6.51. The van der Waals surface area contributed by atoms with E-state index in [4.69, 9.17) is 5.73 Å². The van der Waals surface area contributed by atoms with Crippen LogP contribution in [0.25, 0.3) is 10.1 Å². The lowest BCUT2D eigenvalue weighted by Crippen LogP contribution is -1.91. The molecule has 0 unspecified atom stereocenters. The number of hydrogen-bond acceptors (Lipinski definition) is 3. The fourth-order valence-electron chi connectivity index (χ4n) is 1.55. The van der Waals surface area contributed by atoms with Crippen LogP contribution in [0.4, 0.5) is 5.69 Å². The van der Waals surface area contributed by atoms with E-state index in [9.17, 15) is 0 Å². The molecule has 2 N–H and O–H groups in total. The molecule has 0 atom stereocenters. The SMILES string of the molecule is CCc1ccc2cc(SC)sc2c1N. The van der Waals surface area contributed by atoms with Gasteiger partial charge in [0, 0.05) is 0 Å². The summed E-state index contributed by atoms with van der Waals surface area (Å²) in [6.07, 6.45) is 3.11. The van der Waals surface area contributed by atoms with Gasteiger partial charge in [0.15, 0.2) is 0 Å². The molecule has 0 aliphatic rings. The highest BCUT2D eigenvalue weighted by molar-refractivity contribution is 8.00. The van der Waals surface area contributed by atoms with Crippen LogP contribution < -0.4 is 5.73 Å². The quantitative estimate of drug-likeness (QED) is 0.619. The van der Waals surface area contributed by atoms with Crippen molar-refractivity contribution in [2.24, 2.45) is 0 Å². The van der Waals surface area contributed by atoms with Crippen LogP contribution in [0.3, 0.4) is 0 Å². The van der Waals surface area contributed by atoms with Gasteiger partial charge >= 0.3 is 0 Å². The van der Waals surface area contributed by atoms with Gasteiger partial charge in [-0.3, -0.25) is 0 Å². The molecule has 0 bridgehead atoms. The van der Waals surface area contributed by atoms with Gasteiger partial charge in [-0.15, -0.1) is 23.1 Å². The van der Waals surface area contributed by atoms with Crippen molar-refractivity contribution in [3.63, 3.8) is 0 Å². The fourth-order valence-corrected chi connectivity index (χ4v) is 3.25. The first-order valence-electron chi connectivity index (χ1n) is 4.61. The number of anilines is 1. The molecule has 14 heavy (non-hydrogen) atoms. The molecule has 1 aromatic carbocycles. The molecule has 0 saturated carbocycles. The van der Waals surface area contributed by atoms with Crippen LogP contribution in [0, 0.1) is 0 Å². The Hall–Kier alpha value is -0.670. The lowest BCUT2D eigenvalue weighted by Gasteiger charge is -2.02. The minimum Gasteiger partial charge on any atom is -0.397 e. The molecular weight excluding hydrogens is 210 g/mol. The molecule has 1 nitrogen and oxygen atoms in total. The molecule has 2 rings (SSSR count). The third-order valence-corrected chi connectivity index (χ3v) is 4.62. The number of nitrogens with two attached hydrogens (primary N) is 1. The molecular formula is C11H13NS2. The number of hydrogen-bond donors (Lipinski definition) is 1. The van der Waals surface area contributed by atoms with E-state index in [0.717, 1.165) is 12.1 Å². The number of nitrogen functional groups attached to an aromatic ring is 1. The van der Waals surface area contributed by atoms with Gasteiger partial charge in [-0.2, -0.15) is 0 Å². The van der Waals surface area contributed by atoms with Gasteiger partial charge in [-0.25, -0.2) is 0 Å². The number of fused-ring (bicyclic) bond motifs is 1. The van der Waals surface area contributed by atoms with Crippen molar-refractivity contribution in [1.82, 2.24) is 0 Å². The van der Waals surface area contributed by atoms with Gasteiger partial charge < -0.3 is 5.73 Å². The maximum atomic E-state index is 6.10. The fraction of sp³-hybridized carbons (Fsp3) is 0.273. The van der Waals surface area contributed by atoms with E-state index in [1.165, 1.54) is 19.9 Å². The van der Waals surface area contributed by atoms with Crippen LogP contribution >= 0.6 is 23.1 Å². The van der Waals surface area contributed by atoms with Gasteiger partial charge in [0.1, 0.15) is 0 Å². The predicted molar refractivity (Wildman–Crippen MR) is 67.4 cm³/mol. The summed E-state index contributed by atoms with van der Waals surface area (Å²) in [6.45, 7) is 2.14. The standard InChI is InChI=1S/C11H13NS2/c1-3-7-4-5-8-6-9(13-2)14-11(8)10(7)12/h4-6H,3,12H2,1-2H3. The molecule has 2 aromatic rings. The van der Waals surface area contributed by atoms with E-state index in [-0.39, 0.29) is 0 Å². The van der Waals surface area contributed by atoms with Gasteiger partial charge in [-0.05, 0) is 29.7 Å². The minimum atomic E-state index is 0.968. The van der Waals surface area contributed by atoms with Gasteiger partial charge in [0.25, 0.3) is 0 Å². The summed E-state index contributed by atoms with van der Waals surface area (Å²) in [5.41, 5.74) is 8.32. The Morgan fingerprint density at radius 3 is 2.86 bits per heavy atom. The van der Waals surface area contributed by atoms with Gasteiger partial charge in [0.2, 0.25) is 0 Å². The van der Waals surface area contributed by atoms with E-state index in [1.54, 1.807) is 23.1 Å². The topological polar surface area (TPSA) is 26.0 Å². The first-order valence-corrected chi connectivity index (χ1v) is 6.65. The van der Waals surface area contributed by atoms with E-state index in [2.05, 4.69) is 31.4 Å². The first-order chi connectivity index (χ1) is 6.76. The molecule has 0 spiro atoms. The highest BCUT2D eigenvalue weighted by Crippen LogP contribution is 2.36. The summed E-state index contributed by atoms with van der Waals surface area (Å²) in [4.78, 5) is 0. The minimum absolute atomic E-state index is 0.968. The van der Waals surface area contributed by atoms with Crippen molar-refractivity contribution in [2.75, 3.05) is 12.0 Å². The van der Waals surface area contributed by atoms with Crippen molar-refractivity contribution in [3.05, 3.63) is 23.8 Å². The molecule has 1 aromatic heterocycles. The average Bonchev–Trinajstić information content (AvgIpc) is 2.62. The van der Waals surface area contributed by atoms with Crippen LogP contribution in [-0.2, 0) is 6.42 Å². The van der Waals surface area contributed by atoms with E-state index >= 15 is 0 Å². The number of rotatable bonds is 2. The summed E-state index contributed by atoms with van der Waals surface area (Å²) >= 11 is 3.57. The van der Waals surface area contributed by atoms with Crippen LogP contribution in [0.15, 0.2) is 22.4 Å². The number of thioether (sulfide) groups is 1. The Morgan fingerprint density at radius 1 is 1.43 bits per heavy atom. The van der Waals surface area contributed by atoms with E-state index < -0.39 is 0 Å². The summed E-state index contributed by atoms with van der Waals surface area (Å²) in [5, 5.41) is 1.27. The molecule has 3 heteroatoms.